The van der Waals surface area contributed by atoms with Gasteiger partial charge in [0.2, 0.25) is 11.8 Å². The molecular formula is C18H19BrN2O2. The highest BCUT2D eigenvalue weighted by atomic mass is 79.9. The lowest BCUT2D eigenvalue weighted by molar-refractivity contribution is -0.120. The van der Waals surface area contributed by atoms with Crippen molar-refractivity contribution in [2.45, 2.75) is 20.8 Å². The number of benzene rings is 2. The predicted molar refractivity (Wildman–Crippen MR) is 96.7 cm³/mol. The van der Waals surface area contributed by atoms with Crippen molar-refractivity contribution in [1.82, 2.24) is 0 Å². The largest absolute Gasteiger partial charge is 0.324 e. The van der Waals surface area contributed by atoms with Crippen molar-refractivity contribution in [2.24, 2.45) is 0 Å². The highest BCUT2D eigenvalue weighted by Gasteiger charge is 2.18. The van der Waals surface area contributed by atoms with Crippen LogP contribution >= 0.6 is 15.9 Å². The van der Waals surface area contributed by atoms with E-state index in [1.54, 1.807) is 6.07 Å². The molecule has 0 heterocycles. The zero-order chi connectivity index (χ0) is 17.0. The van der Waals surface area contributed by atoms with Gasteiger partial charge >= 0.3 is 0 Å². The molecule has 0 saturated carbocycles. The zero-order valence-corrected chi connectivity index (χ0v) is 15.0. The second kappa shape index (κ2) is 7.42. The first-order valence-corrected chi connectivity index (χ1v) is 8.07. The van der Waals surface area contributed by atoms with E-state index in [0.29, 0.717) is 5.69 Å². The number of hydrogen-bond acceptors (Lipinski definition) is 2. The van der Waals surface area contributed by atoms with E-state index in [2.05, 4.69) is 21.2 Å². The maximum absolute atomic E-state index is 12.3. The molecule has 0 atom stereocenters. The third-order valence-corrected chi connectivity index (χ3v) is 4.15. The van der Waals surface area contributed by atoms with Crippen LogP contribution in [0.3, 0.4) is 0 Å². The molecule has 0 radical (unpaired) electrons. The Labute approximate surface area is 144 Å². The lowest BCUT2D eigenvalue weighted by Crippen LogP contribution is -2.37. The van der Waals surface area contributed by atoms with Crippen LogP contribution in [0.1, 0.15) is 18.1 Å². The summed E-state index contributed by atoms with van der Waals surface area (Å²) < 4.78 is 0.773. The second-order valence-corrected chi connectivity index (χ2v) is 6.28. The Morgan fingerprint density at radius 3 is 2.43 bits per heavy atom. The van der Waals surface area contributed by atoms with Crippen molar-refractivity contribution in [3.8, 4) is 0 Å². The Morgan fingerprint density at radius 2 is 1.83 bits per heavy atom. The van der Waals surface area contributed by atoms with Gasteiger partial charge in [-0.2, -0.15) is 0 Å². The predicted octanol–water partition coefficient (Wildman–Crippen LogP) is 4.06. The molecular weight excluding hydrogens is 356 g/mol. The number of nitrogens with one attached hydrogen (secondary N) is 1. The monoisotopic (exact) mass is 374 g/mol. The minimum atomic E-state index is -0.233. The van der Waals surface area contributed by atoms with Crippen LogP contribution in [0.15, 0.2) is 46.9 Å². The van der Waals surface area contributed by atoms with Crippen molar-refractivity contribution in [2.75, 3.05) is 16.8 Å². The summed E-state index contributed by atoms with van der Waals surface area (Å²) >= 11 is 3.42. The summed E-state index contributed by atoms with van der Waals surface area (Å²) in [6.07, 6.45) is 0. The number of carbonyl (C=O) groups excluding carboxylic acids is 2. The molecule has 120 valence electrons. The van der Waals surface area contributed by atoms with E-state index in [1.807, 2.05) is 50.2 Å². The van der Waals surface area contributed by atoms with Crippen LogP contribution in [0.5, 0.6) is 0 Å². The highest BCUT2D eigenvalue weighted by Crippen LogP contribution is 2.26. The summed E-state index contributed by atoms with van der Waals surface area (Å²) in [6.45, 7) is 5.36. The summed E-state index contributed by atoms with van der Waals surface area (Å²) in [6, 6.07) is 13.2. The first-order valence-electron chi connectivity index (χ1n) is 7.28. The second-order valence-electron chi connectivity index (χ2n) is 5.42. The Morgan fingerprint density at radius 1 is 1.13 bits per heavy atom. The first kappa shape index (κ1) is 17.2. The van der Waals surface area contributed by atoms with E-state index < -0.39 is 0 Å². The van der Waals surface area contributed by atoms with Gasteiger partial charge in [-0.05, 0) is 53.5 Å². The average Bonchev–Trinajstić information content (AvgIpc) is 2.48. The summed E-state index contributed by atoms with van der Waals surface area (Å²) in [5.74, 6) is -0.421. The summed E-state index contributed by atoms with van der Waals surface area (Å²) in [4.78, 5) is 25.7. The molecule has 2 rings (SSSR count). The van der Waals surface area contributed by atoms with Crippen LogP contribution < -0.4 is 10.2 Å². The van der Waals surface area contributed by atoms with E-state index in [0.717, 1.165) is 21.3 Å². The number of anilines is 2. The number of amides is 2. The Hall–Kier alpha value is -2.14. The van der Waals surface area contributed by atoms with Gasteiger partial charge in [0.15, 0.2) is 0 Å². The number of halogens is 1. The maximum Gasteiger partial charge on any atom is 0.244 e. The molecule has 0 saturated heterocycles. The van der Waals surface area contributed by atoms with Crippen molar-refractivity contribution < 1.29 is 9.59 Å². The van der Waals surface area contributed by atoms with E-state index in [1.165, 1.54) is 11.8 Å². The van der Waals surface area contributed by atoms with Crippen LogP contribution in [0.25, 0.3) is 0 Å². The number of rotatable bonds is 4. The molecule has 2 aromatic carbocycles. The van der Waals surface area contributed by atoms with Gasteiger partial charge in [0, 0.05) is 17.1 Å². The van der Waals surface area contributed by atoms with E-state index in [9.17, 15) is 9.59 Å². The number of aryl methyl sites for hydroxylation is 2. The zero-order valence-electron chi connectivity index (χ0n) is 13.4. The minimum Gasteiger partial charge on any atom is -0.324 e. The van der Waals surface area contributed by atoms with Crippen LogP contribution in [-0.2, 0) is 9.59 Å². The van der Waals surface area contributed by atoms with Crippen LogP contribution in [0.4, 0.5) is 11.4 Å². The number of hydrogen-bond donors (Lipinski definition) is 1. The lowest BCUT2D eigenvalue weighted by atomic mass is 10.1. The van der Waals surface area contributed by atoms with Crippen molar-refractivity contribution in [3.05, 3.63) is 58.1 Å². The molecule has 0 spiro atoms. The van der Waals surface area contributed by atoms with Gasteiger partial charge in [-0.1, -0.05) is 29.8 Å². The van der Waals surface area contributed by atoms with Crippen molar-refractivity contribution in [3.63, 3.8) is 0 Å². The molecule has 0 bridgehead atoms. The Kier molecular flexibility index (Phi) is 5.55. The molecule has 23 heavy (non-hydrogen) atoms. The molecule has 2 amide bonds. The van der Waals surface area contributed by atoms with Gasteiger partial charge < -0.3 is 10.2 Å². The fourth-order valence-corrected chi connectivity index (χ4v) is 2.82. The van der Waals surface area contributed by atoms with Gasteiger partial charge in [-0.15, -0.1) is 0 Å². The standard InChI is InChI=1S/C18H19BrN2O2/c1-12-8-9-16(13(2)10-12)20-18(23)11-21(14(3)22)17-7-5-4-6-15(17)19/h4-10H,11H2,1-3H3,(H,20,23). The van der Waals surface area contributed by atoms with Crippen LogP contribution in [0, 0.1) is 13.8 Å². The minimum absolute atomic E-state index is 0.0364. The fraction of sp³-hybridized carbons (Fsp3) is 0.222. The molecule has 4 nitrogen and oxygen atoms in total. The third-order valence-electron chi connectivity index (χ3n) is 3.48. The van der Waals surface area contributed by atoms with Crippen LogP contribution in [-0.4, -0.2) is 18.4 Å². The number of carbonyl (C=O) groups is 2. The highest BCUT2D eigenvalue weighted by molar-refractivity contribution is 9.10. The topological polar surface area (TPSA) is 49.4 Å². The summed E-state index contributed by atoms with van der Waals surface area (Å²) in [5, 5.41) is 2.86. The van der Waals surface area contributed by atoms with Crippen LogP contribution in [0.2, 0.25) is 0 Å². The Bertz CT molecular complexity index is 744. The maximum atomic E-state index is 12.3. The number of para-hydroxylation sites is 1. The number of nitrogens with zero attached hydrogens (tertiary/aromatic N) is 1. The molecule has 0 unspecified atom stereocenters. The molecule has 0 aromatic heterocycles. The van der Waals surface area contributed by atoms with Crippen molar-refractivity contribution >= 4 is 39.1 Å². The third kappa shape index (κ3) is 4.42. The summed E-state index contributed by atoms with van der Waals surface area (Å²) in [7, 11) is 0. The molecule has 0 aliphatic rings. The molecule has 0 aliphatic carbocycles. The fourth-order valence-electron chi connectivity index (χ4n) is 2.32. The van der Waals surface area contributed by atoms with E-state index in [4.69, 9.17) is 0 Å². The van der Waals surface area contributed by atoms with Gasteiger partial charge in [0.1, 0.15) is 6.54 Å². The normalized spacial score (nSPS) is 10.3. The molecule has 0 aliphatic heterocycles. The lowest BCUT2D eigenvalue weighted by Gasteiger charge is -2.22. The van der Waals surface area contributed by atoms with E-state index in [-0.39, 0.29) is 18.4 Å². The van der Waals surface area contributed by atoms with Crippen molar-refractivity contribution in [1.29, 1.82) is 0 Å². The van der Waals surface area contributed by atoms with Gasteiger partial charge in [-0.25, -0.2) is 0 Å². The van der Waals surface area contributed by atoms with Gasteiger partial charge in [-0.3, -0.25) is 9.59 Å². The molecule has 5 heteroatoms. The molecule has 1 N–H and O–H groups in total. The quantitative estimate of drug-likeness (QED) is 0.876. The molecule has 0 fully saturated rings. The average molecular weight is 375 g/mol. The van der Waals surface area contributed by atoms with Gasteiger partial charge in [0.05, 0.1) is 5.69 Å². The Balaban J connectivity index is 2.16. The summed E-state index contributed by atoms with van der Waals surface area (Å²) in [5.41, 5.74) is 3.57. The first-order chi connectivity index (χ1) is 10.9. The SMILES string of the molecule is CC(=O)N(CC(=O)Nc1ccc(C)cc1C)c1ccccc1Br. The smallest absolute Gasteiger partial charge is 0.244 e. The van der Waals surface area contributed by atoms with E-state index >= 15 is 0 Å². The molecule has 2 aromatic rings. The van der Waals surface area contributed by atoms with Gasteiger partial charge in [0.25, 0.3) is 0 Å².